The number of carbonyl (C=O) groups excluding carboxylic acids is 2. The summed E-state index contributed by atoms with van der Waals surface area (Å²) in [6, 6.07) is 4.98. The molecular formula is C12H16N2O3S. The van der Waals surface area contributed by atoms with Crippen LogP contribution < -0.4 is 11.1 Å². The Morgan fingerprint density at radius 1 is 1.44 bits per heavy atom. The van der Waals surface area contributed by atoms with E-state index >= 15 is 0 Å². The number of nitrogen functional groups attached to an aromatic ring is 1. The molecule has 98 valence electrons. The van der Waals surface area contributed by atoms with Crippen LogP contribution in [-0.2, 0) is 9.53 Å². The Morgan fingerprint density at radius 3 is 2.72 bits per heavy atom. The van der Waals surface area contributed by atoms with Crippen LogP contribution in [0.4, 0.5) is 5.69 Å². The number of nitrogens with one attached hydrogen (secondary N) is 1. The SMILES string of the molecule is CCOC(=O)CSc1ccc(C(=O)NC)cc1N. The lowest BCUT2D eigenvalue weighted by Gasteiger charge is -2.07. The number of amides is 1. The molecule has 0 atom stereocenters. The lowest BCUT2D eigenvalue weighted by molar-refractivity contribution is -0.139. The van der Waals surface area contributed by atoms with Crippen LogP contribution in [0.15, 0.2) is 23.1 Å². The van der Waals surface area contributed by atoms with Gasteiger partial charge in [-0.3, -0.25) is 9.59 Å². The quantitative estimate of drug-likeness (QED) is 0.477. The molecule has 0 aliphatic carbocycles. The molecule has 0 unspecified atom stereocenters. The summed E-state index contributed by atoms with van der Waals surface area (Å²) in [7, 11) is 1.56. The molecule has 0 aromatic heterocycles. The minimum absolute atomic E-state index is 0.191. The number of anilines is 1. The summed E-state index contributed by atoms with van der Waals surface area (Å²) in [6.07, 6.45) is 0. The molecule has 0 saturated heterocycles. The molecule has 6 heteroatoms. The molecule has 1 rings (SSSR count). The highest BCUT2D eigenvalue weighted by Gasteiger charge is 2.09. The second kappa shape index (κ2) is 6.90. The van der Waals surface area contributed by atoms with Crippen LogP contribution in [0.1, 0.15) is 17.3 Å². The zero-order chi connectivity index (χ0) is 13.5. The number of hydrogen-bond donors (Lipinski definition) is 2. The molecule has 0 radical (unpaired) electrons. The van der Waals surface area contributed by atoms with E-state index in [-0.39, 0.29) is 17.6 Å². The first kappa shape index (κ1) is 14.4. The van der Waals surface area contributed by atoms with Crippen molar-refractivity contribution in [1.29, 1.82) is 0 Å². The molecule has 0 aliphatic heterocycles. The molecule has 0 saturated carbocycles. The topological polar surface area (TPSA) is 81.4 Å². The van der Waals surface area contributed by atoms with Crippen molar-refractivity contribution in [3.63, 3.8) is 0 Å². The minimum atomic E-state index is -0.280. The van der Waals surface area contributed by atoms with Gasteiger partial charge in [-0.1, -0.05) is 0 Å². The van der Waals surface area contributed by atoms with Gasteiger partial charge in [-0.2, -0.15) is 0 Å². The van der Waals surface area contributed by atoms with Crippen LogP contribution in [0.5, 0.6) is 0 Å². The minimum Gasteiger partial charge on any atom is -0.465 e. The van der Waals surface area contributed by atoms with E-state index < -0.39 is 0 Å². The molecule has 1 aromatic carbocycles. The first-order valence-corrected chi connectivity index (χ1v) is 6.47. The van der Waals surface area contributed by atoms with E-state index in [1.807, 2.05) is 0 Å². The average Bonchev–Trinajstić information content (AvgIpc) is 2.36. The van der Waals surface area contributed by atoms with Crippen LogP contribution in [0.25, 0.3) is 0 Å². The van der Waals surface area contributed by atoms with Gasteiger partial charge in [0.15, 0.2) is 0 Å². The number of nitrogens with two attached hydrogens (primary N) is 1. The van der Waals surface area contributed by atoms with E-state index in [0.29, 0.717) is 17.9 Å². The molecule has 0 aliphatic rings. The Balaban J connectivity index is 2.68. The predicted octanol–water partition coefficient (Wildman–Crippen LogP) is 1.28. The molecule has 1 amide bonds. The van der Waals surface area contributed by atoms with Crippen LogP contribution in [0.3, 0.4) is 0 Å². The zero-order valence-corrected chi connectivity index (χ0v) is 11.2. The largest absolute Gasteiger partial charge is 0.465 e. The van der Waals surface area contributed by atoms with E-state index in [4.69, 9.17) is 10.5 Å². The maximum absolute atomic E-state index is 11.4. The Hall–Kier alpha value is -1.69. The van der Waals surface area contributed by atoms with E-state index in [2.05, 4.69) is 5.32 Å². The third kappa shape index (κ3) is 3.96. The van der Waals surface area contributed by atoms with Gasteiger partial charge in [-0.05, 0) is 25.1 Å². The van der Waals surface area contributed by atoms with E-state index in [1.165, 1.54) is 11.8 Å². The molecule has 0 spiro atoms. The number of thioether (sulfide) groups is 1. The fraction of sp³-hybridized carbons (Fsp3) is 0.333. The van der Waals surface area contributed by atoms with Gasteiger partial charge in [0.2, 0.25) is 0 Å². The van der Waals surface area contributed by atoms with Crippen molar-refractivity contribution in [3.05, 3.63) is 23.8 Å². The van der Waals surface area contributed by atoms with Crippen molar-refractivity contribution >= 4 is 29.3 Å². The third-order valence-corrected chi connectivity index (χ3v) is 3.21. The van der Waals surface area contributed by atoms with Gasteiger partial charge in [0.1, 0.15) is 0 Å². The number of rotatable bonds is 5. The highest BCUT2D eigenvalue weighted by atomic mass is 32.2. The van der Waals surface area contributed by atoms with Crippen LogP contribution >= 0.6 is 11.8 Å². The first-order valence-electron chi connectivity index (χ1n) is 5.48. The van der Waals surface area contributed by atoms with Crippen molar-refractivity contribution < 1.29 is 14.3 Å². The van der Waals surface area contributed by atoms with E-state index in [9.17, 15) is 9.59 Å². The number of ether oxygens (including phenoxy) is 1. The molecule has 5 nitrogen and oxygen atoms in total. The van der Waals surface area contributed by atoms with Gasteiger partial charge in [-0.25, -0.2) is 0 Å². The summed E-state index contributed by atoms with van der Waals surface area (Å²) in [4.78, 5) is 23.3. The molecule has 18 heavy (non-hydrogen) atoms. The Labute approximate surface area is 110 Å². The summed E-state index contributed by atoms with van der Waals surface area (Å²) in [5, 5.41) is 2.52. The van der Waals surface area contributed by atoms with Gasteiger partial charge in [0, 0.05) is 23.2 Å². The standard InChI is InChI=1S/C12H16N2O3S/c1-3-17-11(15)7-18-10-5-4-8(6-9(10)13)12(16)14-2/h4-6H,3,7,13H2,1-2H3,(H,14,16). The smallest absolute Gasteiger partial charge is 0.316 e. The number of hydrogen-bond acceptors (Lipinski definition) is 5. The zero-order valence-electron chi connectivity index (χ0n) is 10.4. The highest BCUT2D eigenvalue weighted by Crippen LogP contribution is 2.26. The fourth-order valence-corrected chi connectivity index (χ4v) is 2.05. The van der Waals surface area contributed by atoms with Gasteiger partial charge in [0.25, 0.3) is 5.91 Å². The van der Waals surface area contributed by atoms with Gasteiger partial charge >= 0.3 is 5.97 Å². The number of benzene rings is 1. The summed E-state index contributed by atoms with van der Waals surface area (Å²) < 4.78 is 4.82. The first-order chi connectivity index (χ1) is 8.58. The maximum Gasteiger partial charge on any atom is 0.316 e. The van der Waals surface area contributed by atoms with Crippen molar-refractivity contribution in [2.75, 3.05) is 25.1 Å². The summed E-state index contributed by atoms with van der Waals surface area (Å²) in [6.45, 7) is 2.12. The van der Waals surface area contributed by atoms with Crippen molar-refractivity contribution in [2.24, 2.45) is 0 Å². The molecule has 1 aromatic rings. The van der Waals surface area contributed by atoms with Crippen molar-refractivity contribution in [1.82, 2.24) is 5.32 Å². The molecular weight excluding hydrogens is 252 g/mol. The summed E-state index contributed by atoms with van der Waals surface area (Å²) in [5.41, 5.74) is 6.79. The van der Waals surface area contributed by atoms with Crippen LogP contribution in [-0.4, -0.2) is 31.3 Å². The Bertz CT molecular complexity index is 449. The molecule has 3 N–H and O–H groups in total. The summed E-state index contributed by atoms with van der Waals surface area (Å²) >= 11 is 1.29. The highest BCUT2D eigenvalue weighted by molar-refractivity contribution is 8.00. The normalized spacial score (nSPS) is 9.89. The summed E-state index contributed by atoms with van der Waals surface area (Å²) in [5.74, 6) is -0.266. The predicted molar refractivity (Wildman–Crippen MR) is 71.6 cm³/mol. The maximum atomic E-state index is 11.4. The van der Waals surface area contributed by atoms with Gasteiger partial charge in [0.05, 0.1) is 12.4 Å². The average molecular weight is 268 g/mol. The number of carbonyl (C=O) groups is 2. The molecule has 0 bridgehead atoms. The number of esters is 1. The van der Waals surface area contributed by atoms with Gasteiger partial charge < -0.3 is 15.8 Å². The lowest BCUT2D eigenvalue weighted by atomic mass is 10.2. The van der Waals surface area contributed by atoms with E-state index in [0.717, 1.165) is 4.90 Å². The second-order valence-corrected chi connectivity index (χ2v) is 4.44. The lowest BCUT2D eigenvalue weighted by Crippen LogP contribution is -2.17. The molecule has 0 heterocycles. The van der Waals surface area contributed by atoms with Crippen LogP contribution in [0.2, 0.25) is 0 Å². The van der Waals surface area contributed by atoms with Crippen LogP contribution in [0, 0.1) is 0 Å². The second-order valence-electron chi connectivity index (χ2n) is 3.43. The van der Waals surface area contributed by atoms with Gasteiger partial charge in [-0.15, -0.1) is 11.8 Å². The Kier molecular flexibility index (Phi) is 5.51. The van der Waals surface area contributed by atoms with Crippen molar-refractivity contribution in [2.45, 2.75) is 11.8 Å². The van der Waals surface area contributed by atoms with E-state index in [1.54, 1.807) is 32.2 Å². The Morgan fingerprint density at radius 2 is 2.17 bits per heavy atom. The van der Waals surface area contributed by atoms with Crippen molar-refractivity contribution in [3.8, 4) is 0 Å². The monoisotopic (exact) mass is 268 g/mol. The molecule has 0 fully saturated rings. The third-order valence-electron chi connectivity index (χ3n) is 2.15. The fourth-order valence-electron chi connectivity index (χ4n) is 1.30.